The van der Waals surface area contributed by atoms with E-state index in [0.717, 1.165) is 0 Å². The zero-order chi connectivity index (χ0) is 7.71. The summed E-state index contributed by atoms with van der Waals surface area (Å²) in [7, 11) is 0. The monoisotopic (exact) mass is 282 g/mol. The van der Waals surface area contributed by atoms with E-state index in [9.17, 15) is 0 Å². The summed E-state index contributed by atoms with van der Waals surface area (Å²) in [6.07, 6.45) is 0. The van der Waals surface area contributed by atoms with Crippen LogP contribution in [0.3, 0.4) is 0 Å². The molecule has 0 rings (SSSR count). The SMILES string of the molecule is S=P(Cl)(Cl)OP(=S)(Cl)Cl. The Labute approximate surface area is 82.3 Å². The van der Waals surface area contributed by atoms with Crippen LogP contribution in [0.25, 0.3) is 0 Å². The minimum Gasteiger partial charge on any atom is -0.267 e. The molecule has 0 aliphatic heterocycles. The van der Waals surface area contributed by atoms with E-state index >= 15 is 0 Å². The van der Waals surface area contributed by atoms with Crippen LogP contribution >= 0.6 is 54.9 Å². The molecule has 0 atom stereocenters. The van der Waals surface area contributed by atoms with Crippen LogP contribution in [0.2, 0.25) is 0 Å². The van der Waals surface area contributed by atoms with Crippen molar-refractivity contribution in [2.45, 2.75) is 0 Å². The van der Waals surface area contributed by atoms with Crippen LogP contribution in [0.4, 0.5) is 0 Å². The maximum absolute atomic E-state index is 5.28. The molecule has 0 aromatic carbocycles. The Morgan fingerprint density at radius 2 is 1.11 bits per heavy atom. The van der Waals surface area contributed by atoms with Crippen LogP contribution < -0.4 is 0 Å². The van der Waals surface area contributed by atoms with E-state index < -0.39 is 9.94 Å². The molecule has 0 aliphatic rings. The second kappa shape index (κ2) is 3.89. The molecular formula is Cl4OP2S2. The Balaban J connectivity index is 4.07. The van der Waals surface area contributed by atoms with Gasteiger partial charge in [-0.15, -0.1) is 0 Å². The zero-order valence-corrected chi connectivity index (χ0v) is 10.1. The number of hydrogen-bond acceptors (Lipinski definition) is 3. The molecule has 9 heavy (non-hydrogen) atoms. The minimum absolute atomic E-state index is 2.83. The Morgan fingerprint density at radius 3 is 1.11 bits per heavy atom. The smallest absolute Gasteiger partial charge is 0.246 e. The van der Waals surface area contributed by atoms with Gasteiger partial charge in [-0.2, -0.15) is 0 Å². The van der Waals surface area contributed by atoms with Gasteiger partial charge in [0.25, 0.3) is 0 Å². The highest BCUT2D eigenvalue weighted by molar-refractivity contribution is 8.44. The second-order valence-corrected chi connectivity index (χ2v) is 15.5. The topological polar surface area (TPSA) is 9.23 Å². The summed E-state index contributed by atoms with van der Waals surface area (Å²) in [6.45, 7) is 0. The van der Waals surface area contributed by atoms with E-state index in [1.54, 1.807) is 0 Å². The van der Waals surface area contributed by atoms with Gasteiger partial charge in [0.15, 0.2) is 0 Å². The molecule has 0 saturated carbocycles. The van der Waals surface area contributed by atoms with E-state index in [1.165, 1.54) is 0 Å². The maximum atomic E-state index is 5.28. The van der Waals surface area contributed by atoms with E-state index in [-0.39, 0.29) is 0 Å². The van der Waals surface area contributed by atoms with Crippen LogP contribution in [0.15, 0.2) is 0 Å². The van der Waals surface area contributed by atoms with Crippen molar-refractivity contribution in [3.05, 3.63) is 0 Å². The highest BCUT2D eigenvalue weighted by Gasteiger charge is 2.19. The third kappa shape index (κ3) is 10.4. The van der Waals surface area contributed by atoms with Crippen molar-refractivity contribution in [3.63, 3.8) is 0 Å². The number of hydrogen-bond donors (Lipinski definition) is 0. The summed E-state index contributed by atoms with van der Waals surface area (Å²) in [6, 6.07) is 0. The Morgan fingerprint density at radius 1 is 0.889 bits per heavy atom. The highest BCUT2D eigenvalue weighted by Crippen LogP contribution is 2.74. The van der Waals surface area contributed by atoms with Gasteiger partial charge in [0.1, 0.15) is 0 Å². The second-order valence-electron chi connectivity index (χ2n) is 0.911. The molecule has 0 fully saturated rings. The van der Waals surface area contributed by atoms with E-state index in [1.807, 2.05) is 0 Å². The highest BCUT2D eigenvalue weighted by atomic mass is 35.9. The summed E-state index contributed by atoms with van der Waals surface area (Å²) in [4.78, 5) is -5.66. The van der Waals surface area contributed by atoms with Gasteiger partial charge in [0, 0.05) is 0 Å². The number of halogens is 4. The molecule has 0 aromatic rings. The molecule has 56 valence electrons. The van der Waals surface area contributed by atoms with Gasteiger partial charge in [-0.25, -0.2) is 0 Å². The molecule has 0 saturated heterocycles. The standard InChI is InChI=1S/Cl4OP2S2/c1-6(2,8)5-7(3,4)9. The molecular weight excluding hydrogens is 284 g/mol. The molecule has 0 aliphatic carbocycles. The van der Waals surface area contributed by atoms with Gasteiger partial charge in [0.2, 0.25) is 9.94 Å². The van der Waals surface area contributed by atoms with E-state index in [2.05, 4.69) is 27.9 Å². The zero-order valence-electron chi connectivity index (χ0n) is 3.63. The molecule has 0 bridgehead atoms. The van der Waals surface area contributed by atoms with E-state index in [4.69, 9.17) is 45.0 Å². The van der Waals surface area contributed by atoms with Crippen molar-refractivity contribution in [1.29, 1.82) is 0 Å². The Kier molecular flexibility index (Phi) is 4.93. The van der Waals surface area contributed by atoms with Crippen molar-refractivity contribution in [3.8, 4) is 0 Å². The van der Waals surface area contributed by atoms with Gasteiger partial charge in [-0.05, 0) is 68.6 Å². The first kappa shape index (κ1) is 11.4. The number of rotatable bonds is 2. The Bertz CT molecular complexity index is 157. The molecule has 0 unspecified atom stereocenters. The third-order valence-corrected chi connectivity index (χ3v) is 5.13. The van der Waals surface area contributed by atoms with Crippen molar-refractivity contribution >= 4 is 78.5 Å². The van der Waals surface area contributed by atoms with Gasteiger partial charge in [-0.1, -0.05) is 0 Å². The Hall–Kier alpha value is 2.42. The fourth-order valence-corrected chi connectivity index (χ4v) is 8.96. The average molecular weight is 284 g/mol. The van der Waals surface area contributed by atoms with Crippen LogP contribution in [-0.4, -0.2) is 0 Å². The van der Waals surface area contributed by atoms with Crippen molar-refractivity contribution < 1.29 is 4.31 Å². The molecule has 0 amide bonds. The molecule has 1 nitrogen and oxygen atoms in total. The van der Waals surface area contributed by atoms with E-state index in [0.29, 0.717) is 0 Å². The lowest BCUT2D eigenvalue weighted by Crippen LogP contribution is -1.61. The quantitative estimate of drug-likeness (QED) is 0.695. The van der Waals surface area contributed by atoms with Gasteiger partial charge in [0.05, 0.1) is 0 Å². The van der Waals surface area contributed by atoms with Gasteiger partial charge >= 0.3 is 0 Å². The fraction of sp³-hybridized carbons (Fsp3) is 0. The average Bonchev–Trinajstić information content (AvgIpc) is 1.14. The van der Waals surface area contributed by atoms with Crippen molar-refractivity contribution in [2.75, 3.05) is 0 Å². The molecule has 0 aromatic heterocycles. The van der Waals surface area contributed by atoms with Crippen LogP contribution in [0.5, 0.6) is 0 Å². The van der Waals surface area contributed by atoms with Crippen molar-refractivity contribution in [2.24, 2.45) is 0 Å². The van der Waals surface area contributed by atoms with Gasteiger partial charge in [-0.3, -0.25) is 4.31 Å². The molecule has 0 radical (unpaired) electrons. The summed E-state index contributed by atoms with van der Waals surface area (Å²) >= 11 is 30.0. The van der Waals surface area contributed by atoms with Crippen LogP contribution in [0, 0.1) is 0 Å². The maximum Gasteiger partial charge on any atom is 0.246 e. The fourth-order valence-electron chi connectivity index (χ4n) is 0.111. The summed E-state index contributed by atoms with van der Waals surface area (Å²) in [5.74, 6) is 0. The first-order valence-electron chi connectivity index (χ1n) is 1.41. The minimum atomic E-state index is -2.83. The lowest BCUT2D eigenvalue weighted by Gasteiger charge is -2.08. The summed E-state index contributed by atoms with van der Waals surface area (Å²) < 4.78 is 4.54. The molecule has 0 spiro atoms. The normalized spacial score (nSPS) is 13.8. The largest absolute Gasteiger partial charge is 0.267 e. The lowest BCUT2D eigenvalue weighted by molar-refractivity contribution is 0.736. The van der Waals surface area contributed by atoms with Crippen LogP contribution in [-0.2, 0) is 27.9 Å². The predicted octanol–water partition coefficient (Wildman–Crippen LogP) is 4.41. The summed E-state index contributed by atoms with van der Waals surface area (Å²) in [5.41, 5.74) is 0. The lowest BCUT2D eigenvalue weighted by atomic mass is 15.9. The third-order valence-electron chi connectivity index (χ3n) is 0.190. The molecule has 9 heteroatoms. The molecule has 0 N–H and O–H groups in total. The first-order valence-corrected chi connectivity index (χ1v) is 10.5. The van der Waals surface area contributed by atoms with Gasteiger partial charge < -0.3 is 0 Å². The first-order chi connectivity index (χ1) is 3.71. The van der Waals surface area contributed by atoms with Crippen molar-refractivity contribution in [1.82, 2.24) is 0 Å². The van der Waals surface area contributed by atoms with Crippen LogP contribution in [0.1, 0.15) is 0 Å². The molecule has 0 heterocycles. The summed E-state index contributed by atoms with van der Waals surface area (Å²) in [5, 5.41) is 0. The predicted molar refractivity (Wildman–Crippen MR) is 53.1 cm³/mol.